The standard InChI is InChI=1S/C9H12O5/c1-3-6-7(14-9(11)13-6)5-12-8(10)4-2/h3-5H2,1-2H3. The number of carbonyl (C=O) groups is 1. The van der Waals surface area contributed by atoms with E-state index in [1.807, 2.05) is 6.92 Å². The highest BCUT2D eigenvalue weighted by Crippen LogP contribution is 2.09. The van der Waals surface area contributed by atoms with Crippen LogP contribution < -0.4 is 5.82 Å². The van der Waals surface area contributed by atoms with Gasteiger partial charge in [-0.15, -0.1) is 0 Å². The Kier molecular flexibility index (Phi) is 3.50. The summed E-state index contributed by atoms with van der Waals surface area (Å²) in [5.74, 6) is -0.376. The van der Waals surface area contributed by atoms with Gasteiger partial charge in [0.1, 0.15) is 0 Å². The Morgan fingerprint density at radius 1 is 1.29 bits per heavy atom. The number of carbonyl (C=O) groups excluding carboxylic acids is 1. The van der Waals surface area contributed by atoms with Gasteiger partial charge in [0, 0.05) is 12.8 Å². The fourth-order valence-corrected chi connectivity index (χ4v) is 0.963. The lowest BCUT2D eigenvalue weighted by atomic mass is 10.3. The second-order valence-electron chi connectivity index (χ2n) is 2.67. The van der Waals surface area contributed by atoms with Crippen LogP contribution in [-0.2, 0) is 22.6 Å². The fraction of sp³-hybridized carbons (Fsp3) is 0.556. The van der Waals surface area contributed by atoms with E-state index in [0.717, 1.165) is 0 Å². The maximum atomic E-state index is 10.8. The highest BCUT2D eigenvalue weighted by atomic mass is 16.6. The van der Waals surface area contributed by atoms with Crippen LogP contribution in [0.25, 0.3) is 0 Å². The number of hydrogen-bond acceptors (Lipinski definition) is 5. The van der Waals surface area contributed by atoms with Gasteiger partial charge in [0.15, 0.2) is 18.1 Å². The first-order valence-electron chi connectivity index (χ1n) is 4.44. The second kappa shape index (κ2) is 4.64. The Labute approximate surface area is 80.7 Å². The van der Waals surface area contributed by atoms with E-state index in [9.17, 15) is 9.59 Å². The van der Waals surface area contributed by atoms with Gasteiger partial charge in [-0.1, -0.05) is 13.8 Å². The normalized spacial score (nSPS) is 10.1. The lowest BCUT2D eigenvalue weighted by Crippen LogP contribution is -2.03. The van der Waals surface area contributed by atoms with Gasteiger partial charge in [-0.3, -0.25) is 4.79 Å². The van der Waals surface area contributed by atoms with Crippen molar-refractivity contribution in [3.05, 3.63) is 22.1 Å². The van der Waals surface area contributed by atoms with Crippen molar-refractivity contribution in [2.24, 2.45) is 0 Å². The largest absolute Gasteiger partial charge is 0.519 e. The first kappa shape index (κ1) is 10.6. The van der Waals surface area contributed by atoms with Crippen LogP contribution in [-0.4, -0.2) is 5.97 Å². The molecule has 0 radical (unpaired) electrons. The summed E-state index contributed by atoms with van der Waals surface area (Å²) in [6, 6.07) is 0. The van der Waals surface area contributed by atoms with Crippen molar-refractivity contribution in [1.82, 2.24) is 0 Å². The average molecular weight is 200 g/mol. The molecule has 0 fully saturated rings. The molecular weight excluding hydrogens is 188 g/mol. The summed E-state index contributed by atoms with van der Waals surface area (Å²) in [4.78, 5) is 21.5. The molecule has 5 heteroatoms. The molecule has 1 aromatic rings. The van der Waals surface area contributed by atoms with E-state index >= 15 is 0 Å². The summed E-state index contributed by atoms with van der Waals surface area (Å²) >= 11 is 0. The Hall–Kier alpha value is -1.52. The zero-order valence-corrected chi connectivity index (χ0v) is 8.16. The van der Waals surface area contributed by atoms with Crippen LogP contribution in [0.1, 0.15) is 31.8 Å². The zero-order chi connectivity index (χ0) is 10.6. The van der Waals surface area contributed by atoms with Gasteiger partial charge in [0.2, 0.25) is 0 Å². The van der Waals surface area contributed by atoms with E-state index < -0.39 is 5.82 Å². The summed E-state index contributed by atoms with van der Waals surface area (Å²) in [7, 11) is 0. The molecule has 0 aliphatic rings. The highest BCUT2D eigenvalue weighted by molar-refractivity contribution is 5.68. The summed E-state index contributed by atoms with van der Waals surface area (Å²) in [6.07, 6.45) is 0.828. The van der Waals surface area contributed by atoms with Crippen LogP contribution in [0.3, 0.4) is 0 Å². The third kappa shape index (κ3) is 2.48. The molecule has 1 heterocycles. The van der Waals surface area contributed by atoms with Crippen LogP contribution in [0, 0.1) is 0 Å². The average Bonchev–Trinajstić information content (AvgIpc) is 2.55. The topological polar surface area (TPSA) is 69.7 Å². The van der Waals surface area contributed by atoms with Crippen molar-refractivity contribution in [2.45, 2.75) is 33.3 Å². The van der Waals surface area contributed by atoms with Gasteiger partial charge >= 0.3 is 11.8 Å². The maximum absolute atomic E-state index is 10.8. The maximum Gasteiger partial charge on any atom is 0.519 e. The zero-order valence-electron chi connectivity index (χ0n) is 8.16. The number of rotatable bonds is 4. The molecule has 0 N–H and O–H groups in total. The van der Waals surface area contributed by atoms with Crippen molar-refractivity contribution in [3.8, 4) is 0 Å². The van der Waals surface area contributed by atoms with Crippen molar-refractivity contribution in [1.29, 1.82) is 0 Å². The molecule has 0 atom stereocenters. The molecule has 1 aromatic heterocycles. The quantitative estimate of drug-likeness (QED) is 0.684. The molecule has 5 nitrogen and oxygen atoms in total. The number of aryl methyl sites for hydroxylation is 1. The van der Waals surface area contributed by atoms with Crippen molar-refractivity contribution in [2.75, 3.05) is 0 Å². The van der Waals surface area contributed by atoms with Gasteiger partial charge < -0.3 is 13.6 Å². The van der Waals surface area contributed by atoms with Gasteiger partial charge in [-0.25, -0.2) is 4.79 Å². The van der Waals surface area contributed by atoms with E-state index in [1.54, 1.807) is 6.92 Å². The predicted octanol–water partition coefficient (Wildman–Crippen LogP) is 1.25. The Morgan fingerprint density at radius 3 is 2.50 bits per heavy atom. The fourth-order valence-electron chi connectivity index (χ4n) is 0.963. The Balaban J connectivity index is 2.66. The summed E-state index contributed by atoms with van der Waals surface area (Å²) in [6.45, 7) is 3.47. The van der Waals surface area contributed by atoms with Crippen molar-refractivity contribution >= 4 is 5.97 Å². The van der Waals surface area contributed by atoms with Gasteiger partial charge in [0.05, 0.1) is 0 Å². The van der Waals surface area contributed by atoms with Gasteiger partial charge in [-0.05, 0) is 0 Å². The van der Waals surface area contributed by atoms with E-state index in [4.69, 9.17) is 13.6 Å². The third-order valence-electron chi connectivity index (χ3n) is 1.70. The molecule has 0 aliphatic heterocycles. The molecule has 0 spiro atoms. The smallest absolute Gasteiger partial charge is 0.457 e. The molecule has 0 aromatic carbocycles. The summed E-state index contributed by atoms with van der Waals surface area (Å²) in [5.41, 5.74) is 0. The SMILES string of the molecule is CCC(=O)OCc1oc(=O)oc1CC. The molecule has 1 rings (SSSR count). The molecule has 0 aliphatic carbocycles. The van der Waals surface area contributed by atoms with E-state index in [0.29, 0.717) is 24.4 Å². The van der Waals surface area contributed by atoms with Crippen LogP contribution >= 0.6 is 0 Å². The predicted molar refractivity (Wildman–Crippen MR) is 46.7 cm³/mol. The number of hydrogen-bond donors (Lipinski definition) is 0. The molecule has 78 valence electrons. The molecule has 14 heavy (non-hydrogen) atoms. The molecule has 0 saturated heterocycles. The first-order valence-corrected chi connectivity index (χ1v) is 4.44. The molecule has 0 amide bonds. The Morgan fingerprint density at radius 2 is 1.93 bits per heavy atom. The third-order valence-corrected chi connectivity index (χ3v) is 1.70. The minimum absolute atomic E-state index is 0.0401. The lowest BCUT2D eigenvalue weighted by molar-refractivity contribution is -0.145. The van der Waals surface area contributed by atoms with E-state index in [1.165, 1.54) is 0 Å². The summed E-state index contributed by atoms with van der Waals surface area (Å²) < 4.78 is 14.2. The highest BCUT2D eigenvalue weighted by Gasteiger charge is 2.12. The van der Waals surface area contributed by atoms with E-state index in [-0.39, 0.29) is 12.6 Å². The van der Waals surface area contributed by atoms with Gasteiger partial charge in [-0.2, -0.15) is 0 Å². The van der Waals surface area contributed by atoms with E-state index in [2.05, 4.69) is 0 Å². The summed E-state index contributed by atoms with van der Waals surface area (Å²) in [5, 5.41) is 0. The van der Waals surface area contributed by atoms with Crippen LogP contribution in [0.2, 0.25) is 0 Å². The molecule has 0 bridgehead atoms. The minimum Gasteiger partial charge on any atom is -0.457 e. The van der Waals surface area contributed by atoms with Crippen molar-refractivity contribution in [3.63, 3.8) is 0 Å². The number of ether oxygens (including phenoxy) is 1. The molecule has 0 saturated carbocycles. The van der Waals surface area contributed by atoms with Crippen LogP contribution in [0.5, 0.6) is 0 Å². The number of esters is 1. The monoisotopic (exact) mass is 200 g/mol. The molecule has 0 unspecified atom stereocenters. The van der Waals surface area contributed by atoms with Gasteiger partial charge in [0.25, 0.3) is 0 Å². The van der Waals surface area contributed by atoms with Crippen LogP contribution in [0.15, 0.2) is 13.6 Å². The first-order chi connectivity index (χ1) is 6.67. The van der Waals surface area contributed by atoms with Crippen molar-refractivity contribution < 1.29 is 18.4 Å². The Bertz CT molecular complexity index is 360. The lowest BCUT2D eigenvalue weighted by Gasteiger charge is -1.99. The molecular formula is C9H12O5. The minimum atomic E-state index is -0.760. The van der Waals surface area contributed by atoms with Crippen LogP contribution in [0.4, 0.5) is 0 Å². The second-order valence-corrected chi connectivity index (χ2v) is 2.67.